The lowest BCUT2D eigenvalue weighted by molar-refractivity contribution is -0.141. The van der Waals surface area contributed by atoms with Crippen molar-refractivity contribution in [2.75, 3.05) is 7.11 Å². The fourth-order valence-electron chi connectivity index (χ4n) is 3.37. The molecule has 1 aliphatic carbocycles. The van der Waals surface area contributed by atoms with Crippen molar-refractivity contribution < 1.29 is 19.1 Å². The number of fused-ring (bicyclic) bond motifs is 3. The molecule has 5 nitrogen and oxygen atoms in total. The number of hydrogen-bond acceptors (Lipinski definition) is 5. The molecule has 1 unspecified atom stereocenters. The molecular formula is C22H17NO4S. The molecule has 6 heteroatoms. The molecule has 3 aromatic rings. The number of nitrogens with one attached hydrogen (secondary N) is 1. The number of rotatable bonds is 5. The Hall–Kier alpha value is -3.25. The summed E-state index contributed by atoms with van der Waals surface area (Å²) in [5.41, 5.74) is 3.27. The van der Waals surface area contributed by atoms with Crippen molar-refractivity contribution in [3.05, 3.63) is 81.5 Å². The number of ketones is 1. The van der Waals surface area contributed by atoms with Crippen LogP contribution in [-0.2, 0) is 9.53 Å². The molecule has 0 bridgehead atoms. The first kappa shape index (κ1) is 18.1. The van der Waals surface area contributed by atoms with Crippen molar-refractivity contribution in [3.63, 3.8) is 0 Å². The van der Waals surface area contributed by atoms with Crippen LogP contribution < -0.4 is 5.32 Å². The molecule has 0 saturated heterocycles. The highest BCUT2D eigenvalue weighted by Crippen LogP contribution is 2.36. The van der Waals surface area contributed by atoms with Crippen LogP contribution in [0.4, 0.5) is 0 Å². The number of ether oxygens (including phenoxy) is 1. The maximum atomic E-state index is 12.8. The standard InChI is InChI=1S/C22H17NO4S/c1-27-20(24)12-18(19-7-4-10-28-19)23-22(26)13-8-9-15-14-5-2-3-6-16(14)21(25)17(15)11-13/h2-11,18H,12H2,1H3,(H,23,26). The third-order valence-electron chi connectivity index (χ3n) is 4.78. The van der Waals surface area contributed by atoms with Gasteiger partial charge < -0.3 is 10.1 Å². The van der Waals surface area contributed by atoms with Crippen LogP contribution in [0.15, 0.2) is 60.0 Å². The molecule has 1 heterocycles. The van der Waals surface area contributed by atoms with E-state index in [0.29, 0.717) is 16.7 Å². The molecule has 140 valence electrons. The first-order chi connectivity index (χ1) is 13.6. The smallest absolute Gasteiger partial charge is 0.307 e. The van der Waals surface area contributed by atoms with Crippen LogP contribution >= 0.6 is 11.3 Å². The molecule has 0 radical (unpaired) electrons. The number of esters is 1. The minimum atomic E-state index is -0.485. The monoisotopic (exact) mass is 391 g/mol. The van der Waals surface area contributed by atoms with Gasteiger partial charge in [0.15, 0.2) is 5.78 Å². The van der Waals surface area contributed by atoms with Crippen LogP contribution in [0, 0.1) is 0 Å². The van der Waals surface area contributed by atoms with Crippen LogP contribution in [0.25, 0.3) is 11.1 Å². The quantitative estimate of drug-likeness (QED) is 0.522. The van der Waals surface area contributed by atoms with E-state index in [0.717, 1.165) is 16.0 Å². The molecule has 1 N–H and O–H groups in total. The van der Waals surface area contributed by atoms with Gasteiger partial charge in [-0.1, -0.05) is 36.4 Å². The lowest BCUT2D eigenvalue weighted by Gasteiger charge is -2.16. The van der Waals surface area contributed by atoms with Gasteiger partial charge in [-0.15, -0.1) is 11.3 Å². The SMILES string of the molecule is COC(=O)CC(NC(=O)c1ccc2c(c1)C(=O)c1ccccc1-2)c1cccs1. The summed E-state index contributed by atoms with van der Waals surface area (Å²) < 4.78 is 4.75. The minimum Gasteiger partial charge on any atom is -0.469 e. The first-order valence-electron chi connectivity index (χ1n) is 8.77. The van der Waals surface area contributed by atoms with Crippen LogP contribution in [0.5, 0.6) is 0 Å². The molecule has 28 heavy (non-hydrogen) atoms. The predicted molar refractivity (Wildman–Crippen MR) is 106 cm³/mol. The zero-order chi connectivity index (χ0) is 19.7. The van der Waals surface area contributed by atoms with Crippen molar-refractivity contribution in [2.24, 2.45) is 0 Å². The van der Waals surface area contributed by atoms with Crippen LogP contribution in [-0.4, -0.2) is 24.8 Å². The van der Waals surface area contributed by atoms with Crippen molar-refractivity contribution in [1.82, 2.24) is 5.32 Å². The van der Waals surface area contributed by atoms with Gasteiger partial charge in [0.2, 0.25) is 0 Å². The summed E-state index contributed by atoms with van der Waals surface area (Å²) >= 11 is 1.46. The van der Waals surface area contributed by atoms with E-state index in [1.165, 1.54) is 18.4 Å². The highest BCUT2D eigenvalue weighted by Gasteiger charge is 2.28. The predicted octanol–water partition coefficient (Wildman–Crippen LogP) is 3.99. The molecule has 1 amide bonds. The highest BCUT2D eigenvalue weighted by molar-refractivity contribution is 7.10. The summed E-state index contributed by atoms with van der Waals surface area (Å²) in [5.74, 6) is -0.822. The average Bonchev–Trinajstić information content (AvgIpc) is 3.35. The Morgan fingerprint density at radius 2 is 1.75 bits per heavy atom. The van der Waals surface area contributed by atoms with Gasteiger partial charge in [-0.3, -0.25) is 14.4 Å². The van der Waals surface area contributed by atoms with Gasteiger partial charge in [0, 0.05) is 21.6 Å². The van der Waals surface area contributed by atoms with Crippen LogP contribution in [0.2, 0.25) is 0 Å². The molecular weight excluding hydrogens is 374 g/mol. The highest BCUT2D eigenvalue weighted by atomic mass is 32.1. The second-order valence-electron chi connectivity index (χ2n) is 6.46. The molecule has 1 aliphatic rings. The van der Waals surface area contributed by atoms with Crippen LogP contribution in [0.1, 0.15) is 43.6 Å². The average molecular weight is 391 g/mol. The Bertz CT molecular complexity index is 1070. The Morgan fingerprint density at radius 1 is 1.00 bits per heavy atom. The number of hydrogen-bond donors (Lipinski definition) is 1. The van der Waals surface area contributed by atoms with E-state index in [9.17, 15) is 14.4 Å². The zero-order valence-electron chi connectivity index (χ0n) is 15.1. The lowest BCUT2D eigenvalue weighted by Crippen LogP contribution is -2.30. The van der Waals surface area contributed by atoms with E-state index >= 15 is 0 Å². The lowest BCUT2D eigenvalue weighted by atomic mass is 10.0. The molecule has 4 rings (SSSR count). The number of benzene rings is 2. The largest absolute Gasteiger partial charge is 0.469 e. The Morgan fingerprint density at radius 3 is 2.46 bits per heavy atom. The van der Waals surface area contributed by atoms with Gasteiger partial charge in [0.1, 0.15) is 0 Å². The van der Waals surface area contributed by atoms with E-state index in [-0.39, 0.29) is 18.1 Å². The van der Waals surface area contributed by atoms with Gasteiger partial charge in [-0.2, -0.15) is 0 Å². The van der Waals surface area contributed by atoms with Gasteiger partial charge in [-0.25, -0.2) is 0 Å². The summed E-state index contributed by atoms with van der Waals surface area (Å²) in [4.78, 5) is 38.1. The topological polar surface area (TPSA) is 72.5 Å². The minimum absolute atomic E-state index is 0.0397. The summed E-state index contributed by atoms with van der Waals surface area (Å²) in [6, 6.07) is 15.8. The molecule has 2 aromatic carbocycles. The first-order valence-corrected chi connectivity index (χ1v) is 9.65. The molecule has 1 aromatic heterocycles. The zero-order valence-corrected chi connectivity index (χ0v) is 15.9. The molecule has 0 saturated carbocycles. The fraction of sp³-hybridized carbons (Fsp3) is 0.136. The molecule has 0 fully saturated rings. The molecule has 1 atom stereocenters. The Labute approximate surface area is 166 Å². The normalized spacial score (nSPS) is 12.8. The van der Waals surface area contributed by atoms with Gasteiger partial charge in [0.05, 0.1) is 19.6 Å². The number of methoxy groups -OCH3 is 1. The Balaban J connectivity index is 1.60. The van der Waals surface area contributed by atoms with E-state index in [1.807, 2.05) is 35.7 Å². The number of carbonyl (C=O) groups is 3. The van der Waals surface area contributed by atoms with Crippen LogP contribution in [0.3, 0.4) is 0 Å². The van der Waals surface area contributed by atoms with E-state index < -0.39 is 12.0 Å². The fourth-order valence-corrected chi connectivity index (χ4v) is 4.15. The van der Waals surface area contributed by atoms with Crippen molar-refractivity contribution in [2.45, 2.75) is 12.5 Å². The van der Waals surface area contributed by atoms with E-state index in [2.05, 4.69) is 5.32 Å². The van der Waals surface area contributed by atoms with Gasteiger partial charge >= 0.3 is 5.97 Å². The molecule has 0 aliphatic heterocycles. The summed E-state index contributed by atoms with van der Waals surface area (Å²) in [6.45, 7) is 0. The number of carbonyl (C=O) groups excluding carboxylic acids is 3. The summed E-state index contributed by atoms with van der Waals surface area (Å²) in [5, 5.41) is 4.77. The second kappa shape index (κ2) is 7.40. The summed E-state index contributed by atoms with van der Waals surface area (Å²) in [6.07, 6.45) is 0.0397. The van der Waals surface area contributed by atoms with Crippen molar-refractivity contribution in [3.8, 4) is 11.1 Å². The number of amides is 1. The van der Waals surface area contributed by atoms with Crippen molar-refractivity contribution >= 4 is 29.0 Å². The third-order valence-corrected chi connectivity index (χ3v) is 5.76. The van der Waals surface area contributed by atoms with Gasteiger partial charge in [0.25, 0.3) is 5.91 Å². The van der Waals surface area contributed by atoms with Crippen molar-refractivity contribution in [1.29, 1.82) is 0 Å². The Kier molecular flexibility index (Phi) is 4.79. The third kappa shape index (κ3) is 3.23. The summed E-state index contributed by atoms with van der Waals surface area (Å²) in [7, 11) is 1.32. The van der Waals surface area contributed by atoms with E-state index in [4.69, 9.17) is 4.74 Å². The number of thiophene rings is 1. The maximum absolute atomic E-state index is 12.8. The maximum Gasteiger partial charge on any atom is 0.307 e. The second-order valence-corrected chi connectivity index (χ2v) is 7.44. The van der Waals surface area contributed by atoms with Gasteiger partial charge in [-0.05, 0) is 34.7 Å². The van der Waals surface area contributed by atoms with E-state index in [1.54, 1.807) is 24.3 Å². The molecule has 0 spiro atoms.